The van der Waals surface area contributed by atoms with Crippen LogP contribution in [-0.4, -0.2) is 218 Å². The van der Waals surface area contributed by atoms with Crippen LogP contribution in [0.3, 0.4) is 0 Å². The maximum atomic E-state index is 14.8. The van der Waals surface area contributed by atoms with Gasteiger partial charge < -0.3 is 101 Å². The molecule has 8 aromatic heterocycles. The number of H-pyrrole nitrogens is 4. The molecule has 0 spiro atoms. The number of hydrogen-bond acceptors (Lipinski definition) is 24. The molecule has 760 valence electrons. The van der Waals surface area contributed by atoms with E-state index in [1.54, 1.807) is 92.9 Å². The van der Waals surface area contributed by atoms with Gasteiger partial charge in [0.05, 0.1) is 142 Å². The van der Waals surface area contributed by atoms with Crippen LogP contribution < -0.4 is 62.1 Å². The van der Waals surface area contributed by atoms with Crippen LogP contribution >= 0.6 is 0 Å². The van der Waals surface area contributed by atoms with E-state index in [1.165, 1.54) is 91.0 Å². The fourth-order valence-electron chi connectivity index (χ4n) is 16.1. The first-order valence-electron chi connectivity index (χ1n) is 46.6. The van der Waals surface area contributed by atoms with Gasteiger partial charge in [-0.25, -0.2) is 82.3 Å². The maximum Gasteiger partial charge on any atom is 0.323 e. The molecule has 8 aromatic carbocycles. The van der Waals surface area contributed by atoms with Crippen LogP contribution in [0.1, 0.15) is 12.5 Å². The Bertz CT molecular complexity index is 7640. The molecule has 148 heavy (non-hydrogen) atoms. The van der Waals surface area contributed by atoms with Gasteiger partial charge in [-0.3, -0.25) is 19.9 Å². The molecule has 12 heterocycles. The van der Waals surface area contributed by atoms with Crippen molar-refractivity contribution in [1.82, 2.24) is 59.8 Å². The molecule has 36 nitrogen and oxygen atoms in total. The molecule has 0 aliphatic carbocycles. The average Bonchev–Trinajstić information content (AvgIpc) is 1.65. The summed E-state index contributed by atoms with van der Waals surface area (Å²) in [6.07, 6.45) is 14.6. The highest BCUT2D eigenvalue weighted by atomic mass is 32.2. The van der Waals surface area contributed by atoms with Crippen molar-refractivity contribution in [1.29, 1.82) is 0 Å². The van der Waals surface area contributed by atoms with Crippen molar-refractivity contribution in [2.45, 2.75) is 23.6 Å². The highest BCUT2D eigenvalue weighted by Gasteiger charge is 2.29. The standard InChI is InChI=1S/C27H27FN6O4S.C26H25FN6O4S.C26H25FN6O2.C25H21F3N6O2/c1-2-39(36,37)21-6-4-20(5-7-21)30-27(35)31-23-17-19(3-8-22(23)28)25-24(18-9-11-29-12-10-18)32-26(33-25)34-13-15-38-16-14-34;1-38(35,36)20-5-3-19(4-6-20)29-26(34)30-22-16-18(2-7-21(22)27)24-23(17-8-10-28-11-9-17)31-25(32-24)33-12-14-37-15-13-33;1-17-3-2-4-20(15-17)29-26(34)30-22-16-19(5-6-21(22)27)24-23(18-7-9-28-10-8-18)31-25(32-24)33-11-13-35-14-12-33;26-17-2-4-20(19(28)14-17)30-25(35)31-21-13-16(1-3-18(21)27)23-22(15-5-7-29-8-6-15)32-24(33-23)34-9-11-36-12-10-34/h3-12,17H,2,13-16H2,1H3,(H,32,33)(H2,30,31,35);2-11,16H,12-15H2,1H3,(H,31,32)(H2,29,30,34);2-10,15-16H,11-14H2,1H3,(H,31,32)(H2,29,30,34);1-8,13-14H,9-12H2,(H,32,33)(H2,30,31,35). The second-order valence-electron chi connectivity index (χ2n) is 33.8. The smallest absolute Gasteiger partial charge is 0.323 e. The molecule has 20 rings (SSSR count). The minimum Gasteiger partial charge on any atom is -0.378 e. The number of urea groups is 4. The molecule has 0 atom stereocenters. The number of aromatic nitrogens is 12. The van der Waals surface area contributed by atoms with Gasteiger partial charge in [-0.2, -0.15) is 0 Å². The molecule has 0 bridgehead atoms. The summed E-state index contributed by atoms with van der Waals surface area (Å²) < 4.78 is 155. The van der Waals surface area contributed by atoms with Gasteiger partial charge in [-0.1, -0.05) is 19.1 Å². The zero-order valence-electron chi connectivity index (χ0n) is 79.7. The summed E-state index contributed by atoms with van der Waals surface area (Å²) in [7, 11) is -6.72. The van der Waals surface area contributed by atoms with Gasteiger partial charge in [-0.05, 0) is 207 Å². The van der Waals surface area contributed by atoms with E-state index in [-0.39, 0.29) is 44.0 Å². The number of morpholine rings is 4. The molecule has 4 saturated heterocycles. The highest BCUT2D eigenvalue weighted by Crippen LogP contribution is 2.41. The van der Waals surface area contributed by atoms with Gasteiger partial charge in [0.15, 0.2) is 19.7 Å². The van der Waals surface area contributed by atoms with E-state index in [4.69, 9.17) is 38.9 Å². The van der Waals surface area contributed by atoms with Gasteiger partial charge in [-0.15, -0.1) is 0 Å². The van der Waals surface area contributed by atoms with Gasteiger partial charge in [0, 0.05) is 176 Å². The summed E-state index contributed by atoms with van der Waals surface area (Å²) in [4.78, 5) is 108. The number of aromatic amines is 4. The van der Waals surface area contributed by atoms with Crippen molar-refractivity contribution in [2.24, 2.45) is 0 Å². The molecule has 12 N–H and O–H groups in total. The average molecular weight is 2050 g/mol. The number of rotatable bonds is 23. The SMILES string of the molecule is CCS(=O)(=O)c1ccc(NC(=O)Nc2cc(-c3nc(N4CCOCC4)[nH]c3-c3ccncc3)ccc2F)cc1.CS(=O)(=O)c1ccc(NC(=O)Nc2cc(-c3nc(N4CCOCC4)[nH]c3-c3ccncc3)ccc2F)cc1.Cc1cccc(NC(=O)Nc2cc(-c3nc(N4CCOCC4)[nH]c3-c3ccncc3)ccc2F)c1.O=C(Nc1ccc(F)cc1F)Nc1cc(-c2nc(N3CCOCC3)[nH]c2-c2ccncc2)ccc1F. The number of nitrogens with one attached hydrogen (secondary N) is 12. The van der Waals surface area contributed by atoms with Crippen LogP contribution in [0.2, 0.25) is 0 Å². The number of aryl methyl sites for hydroxylation is 1. The van der Waals surface area contributed by atoms with Crippen molar-refractivity contribution in [2.75, 3.05) is 179 Å². The van der Waals surface area contributed by atoms with Gasteiger partial charge in [0.2, 0.25) is 23.8 Å². The molecule has 4 aliphatic rings. The lowest BCUT2D eigenvalue weighted by atomic mass is 10.1. The molecular weight excluding hydrogens is 1960 g/mol. The zero-order valence-corrected chi connectivity index (χ0v) is 81.3. The number of sulfone groups is 2. The number of amides is 8. The van der Waals surface area contributed by atoms with E-state index in [9.17, 15) is 62.4 Å². The summed E-state index contributed by atoms with van der Waals surface area (Å²) in [6.45, 7) is 13.8. The summed E-state index contributed by atoms with van der Waals surface area (Å²) in [5.41, 5.74) is 13.2. The Morgan fingerprint density at radius 1 is 0.311 bits per heavy atom. The summed E-state index contributed by atoms with van der Waals surface area (Å²) in [5, 5.41) is 20.2. The number of ether oxygens (including phenoxy) is 4. The molecule has 4 fully saturated rings. The number of halogens is 6. The number of benzene rings is 8. The van der Waals surface area contributed by atoms with Gasteiger partial charge in [0.25, 0.3) is 0 Å². The molecule has 0 radical (unpaired) electrons. The summed E-state index contributed by atoms with van der Waals surface area (Å²) in [6, 6.07) is 51.2. The zero-order chi connectivity index (χ0) is 103. The highest BCUT2D eigenvalue weighted by molar-refractivity contribution is 7.91. The Morgan fingerprint density at radius 3 is 0.878 bits per heavy atom. The second-order valence-corrected chi connectivity index (χ2v) is 38.1. The third-order valence-electron chi connectivity index (χ3n) is 23.7. The fraction of sp³-hybridized carbons (Fsp3) is 0.192. The molecule has 0 unspecified atom stereocenters. The number of anilines is 12. The Labute approximate surface area is 844 Å². The van der Waals surface area contributed by atoms with E-state index < -0.39 is 78.7 Å². The maximum absolute atomic E-state index is 14.8. The number of imidazole rings is 4. The molecule has 4 aliphatic heterocycles. The van der Waals surface area contributed by atoms with Crippen molar-refractivity contribution in [3.63, 3.8) is 0 Å². The first-order valence-corrected chi connectivity index (χ1v) is 50.2. The Morgan fingerprint density at radius 2 is 0.595 bits per heavy atom. The van der Waals surface area contributed by atoms with E-state index in [1.807, 2.05) is 73.7 Å². The number of carbonyl (C=O) groups excluding carboxylic acids is 4. The van der Waals surface area contributed by atoms with Crippen LogP contribution in [0.25, 0.3) is 90.1 Å². The lowest BCUT2D eigenvalue weighted by Gasteiger charge is -2.26. The number of carbonyl (C=O) groups is 4. The number of pyridine rings is 4. The molecule has 16 aromatic rings. The monoisotopic (exact) mass is 2050 g/mol. The van der Waals surface area contributed by atoms with Crippen LogP contribution in [0.4, 0.5) is 115 Å². The molecular formula is C104H98F6N24O12S2. The normalized spacial score (nSPS) is 13.6. The lowest BCUT2D eigenvalue weighted by Crippen LogP contribution is -2.36. The van der Waals surface area contributed by atoms with Crippen molar-refractivity contribution in [3.05, 3.63) is 302 Å². The summed E-state index contributed by atoms with van der Waals surface area (Å²) in [5.74, 6) is -1.53. The predicted molar refractivity (Wildman–Crippen MR) is 553 cm³/mol. The van der Waals surface area contributed by atoms with Gasteiger partial charge >= 0.3 is 24.1 Å². The van der Waals surface area contributed by atoms with Crippen LogP contribution in [-0.2, 0) is 38.6 Å². The van der Waals surface area contributed by atoms with E-state index in [0.29, 0.717) is 190 Å². The van der Waals surface area contributed by atoms with E-state index in [2.05, 4.69) is 102 Å². The number of nitrogens with zero attached hydrogens (tertiary/aromatic N) is 12. The largest absolute Gasteiger partial charge is 0.378 e. The number of hydrogen-bond donors (Lipinski definition) is 12. The molecule has 44 heteroatoms. The van der Waals surface area contributed by atoms with E-state index >= 15 is 0 Å². The van der Waals surface area contributed by atoms with Crippen LogP contribution in [0, 0.1) is 41.8 Å². The van der Waals surface area contributed by atoms with Crippen LogP contribution in [0.15, 0.2) is 272 Å². The quantitative estimate of drug-likeness (QED) is 0.0265. The second kappa shape index (κ2) is 47.1. The Balaban J connectivity index is 0.000000135. The minimum absolute atomic E-state index is 0.0251. The topological polar surface area (TPSA) is 449 Å². The minimum atomic E-state index is -3.36. The lowest BCUT2D eigenvalue weighted by molar-refractivity contribution is 0.122. The van der Waals surface area contributed by atoms with Crippen molar-refractivity contribution < 1.29 is 81.3 Å². The van der Waals surface area contributed by atoms with Crippen LogP contribution in [0.5, 0.6) is 0 Å². The van der Waals surface area contributed by atoms with Crippen molar-refractivity contribution in [3.8, 4) is 90.1 Å². The molecule has 0 saturated carbocycles. The first kappa shape index (κ1) is 102. The summed E-state index contributed by atoms with van der Waals surface area (Å²) >= 11 is 0. The molecule has 8 amide bonds. The fourth-order valence-corrected chi connectivity index (χ4v) is 17.6. The van der Waals surface area contributed by atoms with Gasteiger partial charge in [0.1, 0.15) is 34.9 Å². The Hall–Kier alpha value is -17.2. The Kier molecular flexibility index (Phi) is 32.5. The predicted octanol–water partition coefficient (Wildman–Crippen LogP) is 18.8. The van der Waals surface area contributed by atoms with E-state index in [0.717, 1.165) is 76.4 Å². The first-order chi connectivity index (χ1) is 71.6. The van der Waals surface area contributed by atoms with Crippen molar-refractivity contribution >= 4 is 113 Å². The third-order valence-corrected chi connectivity index (χ3v) is 26.6. The third kappa shape index (κ3) is 25.9.